The van der Waals surface area contributed by atoms with E-state index in [1.807, 2.05) is 0 Å². The van der Waals surface area contributed by atoms with Gasteiger partial charge in [-0.15, -0.1) is 0 Å². The summed E-state index contributed by atoms with van der Waals surface area (Å²) in [5, 5.41) is 0. The van der Waals surface area contributed by atoms with Crippen LogP contribution < -0.4 is 5.48 Å². The number of hydrogen-bond donors (Lipinski definition) is 1. The summed E-state index contributed by atoms with van der Waals surface area (Å²) < 4.78 is 48.0. The zero-order valence-electron chi connectivity index (χ0n) is 13.9. The van der Waals surface area contributed by atoms with Gasteiger partial charge in [-0.1, -0.05) is 0 Å². The molecule has 0 heterocycles. The third-order valence-electron chi connectivity index (χ3n) is 2.54. The number of ether oxygens (including phenoxy) is 1. The van der Waals surface area contributed by atoms with Gasteiger partial charge < -0.3 is 4.74 Å². The first kappa shape index (κ1) is 20.5. The molecule has 1 amide bonds. The van der Waals surface area contributed by atoms with E-state index in [4.69, 9.17) is 13.8 Å². The molecule has 0 saturated heterocycles. The number of amides is 1. The molecule has 6 nitrogen and oxygen atoms in total. The van der Waals surface area contributed by atoms with Crippen LogP contribution in [0.1, 0.15) is 38.9 Å². The van der Waals surface area contributed by atoms with E-state index in [0.29, 0.717) is 0 Å². The Balaban J connectivity index is 2.58. The number of benzene rings is 1. The lowest BCUT2D eigenvalue weighted by Crippen LogP contribution is -2.33. The van der Waals surface area contributed by atoms with Gasteiger partial charge in [-0.3, -0.25) is 9.02 Å². The number of rotatable bonds is 7. The first-order chi connectivity index (χ1) is 11.1. The van der Waals surface area contributed by atoms with Gasteiger partial charge in [0, 0.05) is 18.7 Å². The average Bonchev–Trinajstić information content (AvgIpc) is 2.38. The van der Waals surface area contributed by atoms with Crippen molar-refractivity contribution in [1.82, 2.24) is 5.48 Å². The van der Waals surface area contributed by atoms with E-state index in [9.17, 15) is 17.8 Å². The Hall–Kier alpha value is -1.58. The van der Waals surface area contributed by atoms with Crippen LogP contribution >= 0.6 is 0 Å². The van der Waals surface area contributed by atoms with Crippen molar-refractivity contribution in [3.63, 3.8) is 0 Å². The highest BCUT2D eigenvalue weighted by Crippen LogP contribution is 2.24. The minimum atomic E-state index is -1.65. The summed E-state index contributed by atoms with van der Waals surface area (Å²) >= 11 is -1.65. The fraction of sp³-hybridized carbons (Fsp3) is 0.533. The zero-order chi connectivity index (χ0) is 18.3. The van der Waals surface area contributed by atoms with Gasteiger partial charge in [-0.25, -0.2) is 17.8 Å². The number of halogens is 2. The van der Waals surface area contributed by atoms with Gasteiger partial charge in [0.25, 0.3) is 0 Å². The molecular weight excluding hydrogens is 344 g/mol. The lowest BCUT2D eigenvalue weighted by atomic mass is 10.1. The van der Waals surface area contributed by atoms with Crippen LogP contribution in [0.15, 0.2) is 18.2 Å². The summed E-state index contributed by atoms with van der Waals surface area (Å²) in [5.41, 5.74) is 1.60. The van der Waals surface area contributed by atoms with Gasteiger partial charge in [0.2, 0.25) is 0 Å². The largest absolute Gasteiger partial charge is 0.442 e. The first-order valence-corrected chi connectivity index (χ1v) is 8.62. The van der Waals surface area contributed by atoms with Gasteiger partial charge >= 0.3 is 6.09 Å². The molecule has 0 aliphatic carbocycles. The van der Waals surface area contributed by atoms with Gasteiger partial charge in [0.15, 0.2) is 11.1 Å². The summed E-state index contributed by atoms with van der Waals surface area (Å²) in [6, 6.07) is 2.90. The maximum Gasteiger partial charge on any atom is 0.431 e. The molecule has 136 valence electrons. The summed E-state index contributed by atoms with van der Waals surface area (Å²) in [4.78, 5) is 16.3. The van der Waals surface area contributed by atoms with Crippen molar-refractivity contribution in [2.24, 2.45) is 0 Å². The van der Waals surface area contributed by atoms with Gasteiger partial charge in [0.05, 0.1) is 6.61 Å². The molecule has 2 atom stereocenters. The van der Waals surface area contributed by atoms with Crippen molar-refractivity contribution in [2.45, 2.75) is 38.9 Å². The molecule has 0 radical (unpaired) electrons. The quantitative estimate of drug-likeness (QED) is 0.593. The van der Waals surface area contributed by atoms with Gasteiger partial charge in [-0.2, -0.15) is 5.48 Å². The summed E-state index contributed by atoms with van der Waals surface area (Å²) in [6.45, 7) is 5.06. The average molecular weight is 365 g/mol. The van der Waals surface area contributed by atoms with E-state index in [-0.39, 0.29) is 18.6 Å². The van der Waals surface area contributed by atoms with Crippen LogP contribution in [0.3, 0.4) is 0 Å². The van der Waals surface area contributed by atoms with Crippen LogP contribution in [0, 0.1) is 11.6 Å². The second kappa shape index (κ2) is 9.05. The number of carbonyl (C=O) groups is 1. The molecule has 1 aromatic rings. The second-order valence-electron chi connectivity index (χ2n) is 5.93. The van der Waals surface area contributed by atoms with Crippen molar-refractivity contribution in [3.05, 3.63) is 35.4 Å². The number of hydrogen-bond acceptors (Lipinski definition) is 5. The maximum absolute atomic E-state index is 13.3. The molecule has 24 heavy (non-hydrogen) atoms. The van der Waals surface area contributed by atoms with E-state index < -0.39 is 40.5 Å². The third kappa shape index (κ3) is 8.32. The maximum atomic E-state index is 13.3. The Kier molecular flexibility index (Phi) is 7.71. The summed E-state index contributed by atoms with van der Waals surface area (Å²) in [7, 11) is 0. The highest BCUT2D eigenvalue weighted by Gasteiger charge is 2.18. The van der Waals surface area contributed by atoms with Crippen LogP contribution in [0.4, 0.5) is 13.6 Å². The normalized spacial score (nSPS) is 14.1. The lowest BCUT2D eigenvalue weighted by molar-refractivity contribution is -0.0140. The Labute approximate surface area is 142 Å². The Morgan fingerprint density at radius 1 is 1.25 bits per heavy atom. The first-order valence-electron chi connectivity index (χ1n) is 7.14. The van der Waals surface area contributed by atoms with Crippen LogP contribution in [0.2, 0.25) is 0 Å². The summed E-state index contributed by atoms with van der Waals surface area (Å²) in [5.74, 6) is -1.54. The molecule has 9 heteroatoms. The molecule has 0 saturated carbocycles. The van der Waals surface area contributed by atoms with Crippen LogP contribution in [-0.4, -0.2) is 28.8 Å². The molecule has 0 aliphatic heterocycles. The molecule has 0 aliphatic rings. The molecular formula is C15H21F2NO5S. The predicted octanol–water partition coefficient (Wildman–Crippen LogP) is 3.16. The smallest absolute Gasteiger partial charge is 0.431 e. The topological polar surface area (TPSA) is 73.9 Å². The standard InChI is InChI=1S/C15H21F2NO5S/c1-15(2,3)22-14(19)18-21-6-5-13(23-24(4)20)10-7-11(16)9-12(17)8-10/h7-9,13H,5-6H2,1-4H3,(H,18,19)/t13-,24?/m1/s1. The lowest BCUT2D eigenvalue weighted by Gasteiger charge is -2.20. The van der Waals surface area contributed by atoms with Crippen molar-refractivity contribution in [2.75, 3.05) is 12.9 Å². The van der Waals surface area contributed by atoms with E-state index in [2.05, 4.69) is 5.48 Å². The molecule has 1 unspecified atom stereocenters. The van der Waals surface area contributed by atoms with Crippen LogP contribution in [0.25, 0.3) is 0 Å². The molecule has 1 rings (SSSR count). The molecule has 0 bridgehead atoms. The number of carbonyl (C=O) groups excluding carboxylic acids is 1. The number of hydroxylamine groups is 1. The predicted molar refractivity (Wildman–Crippen MR) is 84.2 cm³/mol. The van der Waals surface area contributed by atoms with Crippen molar-refractivity contribution >= 4 is 17.2 Å². The fourth-order valence-corrected chi connectivity index (χ4v) is 2.30. The minimum Gasteiger partial charge on any atom is -0.442 e. The van der Waals surface area contributed by atoms with Crippen molar-refractivity contribution < 1.29 is 31.5 Å². The Morgan fingerprint density at radius 2 is 1.83 bits per heavy atom. The van der Waals surface area contributed by atoms with E-state index in [1.165, 1.54) is 6.26 Å². The molecule has 1 aromatic carbocycles. The SMILES string of the molecule is CS(=O)O[C@H](CCONC(=O)OC(C)(C)C)c1cc(F)cc(F)c1. The van der Waals surface area contributed by atoms with Crippen molar-refractivity contribution in [1.29, 1.82) is 0 Å². The van der Waals surface area contributed by atoms with E-state index in [1.54, 1.807) is 20.8 Å². The highest BCUT2D eigenvalue weighted by molar-refractivity contribution is 7.79. The number of nitrogens with one attached hydrogen (secondary N) is 1. The van der Waals surface area contributed by atoms with Crippen molar-refractivity contribution in [3.8, 4) is 0 Å². The van der Waals surface area contributed by atoms with Gasteiger partial charge in [-0.05, 0) is 38.5 Å². The Bertz CT molecular complexity index is 571. The third-order valence-corrected chi connectivity index (χ3v) is 3.05. The summed E-state index contributed by atoms with van der Waals surface area (Å²) in [6.07, 6.45) is -0.224. The van der Waals surface area contributed by atoms with E-state index >= 15 is 0 Å². The molecule has 0 spiro atoms. The highest BCUT2D eigenvalue weighted by atomic mass is 32.2. The second-order valence-corrected chi connectivity index (χ2v) is 6.93. The Morgan fingerprint density at radius 3 is 2.33 bits per heavy atom. The minimum absolute atomic E-state index is 0.0424. The monoisotopic (exact) mass is 365 g/mol. The van der Waals surface area contributed by atoms with E-state index in [0.717, 1.165) is 18.2 Å². The van der Waals surface area contributed by atoms with Gasteiger partial charge in [0.1, 0.15) is 23.3 Å². The van der Waals surface area contributed by atoms with Crippen LogP contribution in [0.5, 0.6) is 0 Å². The molecule has 0 aromatic heterocycles. The fourth-order valence-electron chi connectivity index (χ4n) is 1.77. The zero-order valence-corrected chi connectivity index (χ0v) is 14.7. The molecule has 0 fully saturated rings. The molecule has 1 N–H and O–H groups in total. The van der Waals surface area contributed by atoms with Crippen LogP contribution in [-0.2, 0) is 24.8 Å².